The zero-order valence-corrected chi connectivity index (χ0v) is 13.7. The molecule has 0 saturated heterocycles. The third kappa shape index (κ3) is 5.32. The van der Waals surface area contributed by atoms with E-state index >= 15 is 0 Å². The second kappa shape index (κ2) is 9.05. The minimum atomic E-state index is 0.655. The van der Waals surface area contributed by atoms with Crippen molar-refractivity contribution in [3.63, 3.8) is 0 Å². The van der Waals surface area contributed by atoms with Crippen molar-refractivity contribution in [1.82, 2.24) is 5.32 Å². The molecule has 21 heavy (non-hydrogen) atoms. The van der Waals surface area contributed by atoms with Gasteiger partial charge >= 0.3 is 0 Å². The van der Waals surface area contributed by atoms with Crippen LogP contribution in [-0.2, 0) is 17.7 Å². The van der Waals surface area contributed by atoms with Gasteiger partial charge in [-0.05, 0) is 34.5 Å². The lowest BCUT2D eigenvalue weighted by Gasteiger charge is -2.13. The molecule has 114 valence electrons. The number of thiophene rings is 1. The first kappa shape index (κ1) is 16.3. The molecule has 0 amide bonds. The normalized spacial score (nSPS) is 10.8. The van der Waals surface area contributed by atoms with Crippen LogP contribution in [0.2, 0.25) is 5.02 Å². The number of hydrogen-bond donors (Lipinski definition) is 1. The van der Waals surface area contributed by atoms with Crippen LogP contribution in [0.15, 0.2) is 35.0 Å². The fourth-order valence-corrected chi connectivity index (χ4v) is 2.88. The average molecular weight is 326 g/mol. The molecule has 2 rings (SSSR count). The molecule has 0 atom stereocenters. The van der Waals surface area contributed by atoms with Crippen molar-refractivity contribution >= 4 is 22.9 Å². The van der Waals surface area contributed by atoms with Gasteiger partial charge in [-0.25, -0.2) is 0 Å². The lowest BCUT2D eigenvalue weighted by molar-refractivity contribution is 0.199. The maximum absolute atomic E-state index is 6.27. The standard InChI is InChI=1S/C16H20ClNO2S/c1-19-9-7-18-11-14-15(17)3-2-4-16(14)20-8-5-13-6-10-21-12-13/h2-4,6,10,12,18H,5,7-9,11H2,1H3. The molecule has 0 unspecified atom stereocenters. The van der Waals surface area contributed by atoms with E-state index in [1.54, 1.807) is 18.4 Å². The first-order valence-corrected chi connectivity index (χ1v) is 8.24. The van der Waals surface area contributed by atoms with Crippen molar-refractivity contribution in [1.29, 1.82) is 0 Å². The molecule has 0 spiro atoms. The summed E-state index contributed by atoms with van der Waals surface area (Å²) >= 11 is 7.98. The highest BCUT2D eigenvalue weighted by atomic mass is 35.5. The predicted octanol–water partition coefficient (Wildman–Crippen LogP) is 3.76. The van der Waals surface area contributed by atoms with Gasteiger partial charge in [0.05, 0.1) is 13.2 Å². The van der Waals surface area contributed by atoms with Crippen molar-refractivity contribution in [3.8, 4) is 5.75 Å². The molecule has 3 nitrogen and oxygen atoms in total. The molecule has 1 N–H and O–H groups in total. The largest absolute Gasteiger partial charge is 0.493 e. The highest BCUT2D eigenvalue weighted by molar-refractivity contribution is 7.07. The van der Waals surface area contributed by atoms with Gasteiger partial charge in [-0.15, -0.1) is 0 Å². The lowest BCUT2D eigenvalue weighted by atomic mass is 10.2. The number of rotatable bonds is 9. The van der Waals surface area contributed by atoms with Crippen molar-refractivity contribution in [3.05, 3.63) is 51.2 Å². The molecule has 0 aliphatic rings. The summed E-state index contributed by atoms with van der Waals surface area (Å²) in [5, 5.41) is 8.26. The van der Waals surface area contributed by atoms with Gasteiger partial charge in [-0.2, -0.15) is 11.3 Å². The van der Waals surface area contributed by atoms with Gasteiger partial charge < -0.3 is 14.8 Å². The Bertz CT molecular complexity index is 531. The number of benzene rings is 1. The summed E-state index contributed by atoms with van der Waals surface area (Å²) in [6, 6.07) is 7.90. The quantitative estimate of drug-likeness (QED) is 0.712. The highest BCUT2D eigenvalue weighted by Gasteiger charge is 2.08. The zero-order valence-electron chi connectivity index (χ0n) is 12.1. The van der Waals surface area contributed by atoms with Crippen molar-refractivity contribution in [2.75, 3.05) is 26.9 Å². The van der Waals surface area contributed by atoms with Gasteiger partial charge in [0.2, 0.25) is 0 Å². The fraction of sp³-hybridized carbons (Fsp3) is 0.375. The van der Waals surface area contributed by atoms with Gasteiger partial charge in [0.15, 0.2) is 0 Å². The molecular formula is C16H20ClNO2S. The van der Waals surface area contributed by atoms with Gasteiger partial charge in [0, 0.05) is 37.2 Å². The molecule has 1 aromatic heterocycles. The van der Waals surface area contributed by atoms with Crippen LogP contribution in [0.1, 0.15) is 11.1 Å². The Labute approximate surface area is 134 Å². The van der Waals surface area contributed by atoms with Crippen molar-refractivity contribution in [2.24, 2.45) is 0 Å². The van der Waals surface area contributed by atoms with E-state index in [1.165, 1.54) is 5.56 Å². The summed E-state index contributed by atoms with van der Waals surface area (Å²) in [6.45, 7) is 2.80. The Morgan fingerprint density at radius 3 is 2.90 bits per heavy atom. The van der Waals surface area contributed by atoms with Crippen LogP contribution in [0.3, 0.4) is 0 Å². The Morgan fingerprint density at radius 1 is 1.24 bits per heavy atom. The Morgan fingerprint density at radius 2 is 2.14 bits per heavy atom. The molecule has 0 radical (unpaired) electrons. The van der Waals surface area contributed by atoms with E-state index < -0.39 is 0 Å². The van der Waals surface area contributed by atoms with E-state index in [0.717, 1.165) is 29.3 Å². The molecular weight excluding hydrogens is 306 g/mol. The fourth-order valence-electron chi connectivity index (χ4n) is 1.95. The Balaban J connectivity index is 1.89. The van der Waals surface area contributed by atoms with Crippen LogP contribution < -0.4 is 10.1 Å². The summed E-state index contributed by atoms with van der Waals surface area (Å²) < 4.78 is 10.9. The van der Waals surface area contributed by atoms with Gasteiger partial charge in [0.25, 0.3) is 0 Å². The Kier molecular flexibility index (Phi) is 7.03. The van der Waals surface area contributed by atoms with Crippen LogP contribution in [0, 0.1) is 0 Å². The summed E-state index contributed by atoms with van der Waals surface area (Å²) in [6.07, 6.45) is 0.909. The number of halogens is 1. The third-order valence-corrected chi connectivity index (χ3v) is 4.18. The molecule has 0 aliphatic heterocycles. The van der Waals surface area contributed by atoms with Gasteiger partial charge in [0.1, 0.15) is 5.75 Å². The van der Waals surface area contributed by atoms with Crippen LogP contribution in [-0.4, -0.2) is 26.9 Å². The van der Waals surface area contributed by atoms with Crippen molar-refractivity contribution in [2.45, 2.75) is 13.0 Å². The summed E-state index contributed by atoms with van der Waals surface area (Å²) in [5.41, 5.74) is 2.31. The SMILES string of the molecule is COCCNCc1c(Cl)cccc1OCCc1ccsc1. The van der Waals surface area contributed by atoms with E-state index in [0.29, 0.717) is 19.8 Å². The minimum absolute atomic E-state index is 0.655. The highest BCUT2D eigenvalue weighted by Crippen LogP contribution is 2.26. The molecule has 0 saturated carbocycles. The second-order valence-electron chi connectivity index (χ2n) is 4.62. The van der Waals surface area contributed by atoms with E-state index in [-0.39, 0.29) is 0 Å². The maximum atomic E-state index is 6.27. The minimum Gasteiger partial charge on any atom is -0.493 e. The molecule has 0 fully saturated rings. The van der Waals surface area contributed by atoms with Gasteiger partial charge in [-0.3, -0.25) is 0 Å². The number of ether oxygens (including phenoxy) is 2. The van der Waals surface area contributed by atoms with Crippen LogP contribution in [0.25, 0.3) is 0 Å². The van der Waals surface area contributed by atoms with E-state index in [4.69, 9.17) is 21.1 Å². The molecule has 1 heterocycles. The summed E-state index contributed by atoms with van der Waals surface area (Å²) in [4.78, 5) is 0. The summed E-state index contributed by atoms with van der Waals surface area (Å²) in [5.74, 6) is 0.850. The predicted molar refractivity (Wildman–Crippen MR) is 88.6 cm³/mol. The van der Waals surface area contributed by atoms with Crippen LogP contribution in [0.5, 0.6) is 5.75 Å². The molecule has 0 aliphatic carbocycles. The smallest absolute Gasteiger partial charge is 0.125 e. The molecule has 5 heteroatoms. The number of methoxy groups -OCH3 is 1. The second-order valence-corrected chi connectivity index (χ2v) is 5.80. The third-order valence-electron chi connectivity index (χ3n) is 3.09. The van der Waals surface area contributed by atoms with E-state index in [1.807, 2.05) is 18.2 Å². The zero-order chi connectivity index (χ0) is 14.9. The first-order chi connectivity index (χ1) is 10.3. The molecule has 0 bridgehead atoms. The molecule has 1 aromatic carbocycles. The number of nitrogens with one attached hydrogen (secondary N) is 1. The average Bonchev–Trinajstić information content (AvgIpc) is 2.99. The van der Waals surface area contributed by atoms with Crippen LogP contribution >= 0.6 is 22.9 Å². The Hall–Kier alpha value is -1.07. The number of hydrogen-bond acceptors (Lipinski definition) is 4. The van der Waals surface area contributed by atoms with Crippen molar-refractivity contribution < 1.29 is 9.47 Å². The van der Waals surface area contributed by atoms with Crippen LogP contribution in [0.4, 0.5) is 0 Å². The molecule has 2 aromatic rings. The van der Waals surface area contributed by atoms with E-state index in [9.17, 15) is 0 Å². The maximum Gasteiger partial charge on any atom is 0.125 e. The first-order valence-electron chi connectivity index (χ1n) is 6.92. The topological polar surface area (TPSA) is 30.5 Å². The lowest BCUT2D eigenvalue weighted by Crippen LogP contribution is -2.19. The monoisotopic (exact) mass is 325 g/mol. The van der Waals surface area contributed by atoms with Gasteiger partial charge in [-0.1, -0.05) is 17.7 Å². The van der Waals surface area contributed by atoms with E-state index in [2.05, 4.69) is 22.1 Å². The summed E-state index contributed by atoms with van der Waals surface area (Å²) in [7, 11) is 1.69.